The first kappa shape index (κ1) is 16.2. The van der Waals surface area contributed by atoms with E-state index in [1.54, 1.807) is 12.1 Å². The zero-order chi connectivity index (χ0) is 15.2. The number of nitrogens with two attached hydrogens (primary N) is 1. The Bertz CT molecular complexity index is 444. The second kappa shape index (κ2) is 7.76. The van der Waals surface area contributed by atoms with Crippen LogP contribution >= 0.6 is 0 Å². The Hall–Kier alpha value is -1.13. The first-order valence-electron chi connectivity index (χ1n) is 7.96. The molecule has 2 rings (SSSR count). The highest BCUT2D eigenvalue weighted by molar-refractivity contribution is 5.29. The molecule has 1 aliphatic carbocycles. The summed E-state index contributed by atoms with van der Waals surface area (Å²) < 4.78 is 18.7. The lowest BCUT2D eigenvalue weighted by Crippen LogP contribution is -2.43. The van der Waals surface area contributed by atoms with E-state index in [1.165, 1.54) is 39.2 Å². The molecule has 0 amide bonds. The monoisotopic (exact) mass is 294 g/mol. The molecule has 1 unspecified atom stereocenters. The fourth-order valence-corrected chi connectivity index (χ4v) is 3.45. The molecule has 4 heteroatoms. The zero-order valence-corrected chi connectivity index (χ0v) is 13.1. The molecule has 118 valence electrons. The van der Waals surface area contributed by atoms with Crippen LogP contribution in [0.15, 0.2) is 18.2 Å². The molecule has 0 saturated heterocycles. The van der Waals surface area contributed by atoms with Gasteiger partial charge in [0.25, 0.3) is 0 Å². The SMILES string of the molecule is CCC1CCC(C(Cc2ccc(OC)c(F)c2)NN)CC1. The van der Waals surface area contributed by atoms with Crippen LogP contribution in [-0.4, -0.2) is 13.2 Å². The molecule has 0 radical (unpaired) electrons. The molecule has 1 aliphatic rings. The fourth-order valence-electron chi connectivity index (χ4n) is 3.45. The van der Waals surface area contributed by atoms with Crippen molar-refractivity contribution >= 4 is 0 Å². The van der Waals surface area contributed by atoms with Crippen molar-refractivity contribution in [2.75, 3.05) is 7.11 Å². The summed E-state index contributed by atoms with van der Waals surface area (Å²) in [6.45, 7) is 2.27. The van der Waals surface area contributed by atoms with E-state index < -0.39 is 0 Å². The van der Waals surface area contributed by atoms with E-state index in [9.17, 15) is 4.39 Å². The molecule has 21 heavy (non-hydrogen) atoms. The van der Waals surface area contributed by atoms with Gasteiger partial charge in [0, 0.05) is 6.04 Å². The van der Waals surface area contributed by atoms with Gasteiger partial charge in [-0.3, -0.25) is 11.3 Å². The highest BCUT2D eigenvalue weighted by Gasteiger charge is 2.26. The third-order valence-electron chi connectivity index (χ3n) is 4.92. The van der Waals surface area contributed by atoms with Crippen LogP contribution in [-0.2, 0) is 6.42 Å². The van der Waals surface area contributed by atoms with Crippen LogP contribution in [0.2, 0.25) is 0 Å². The number of hydrogen-bond acceptors (Lipinski definition) is 3. The van der Waals surface area contributed by atoms with Gasteiger partial charge in [-0.05, 0) is 48.8 Å². The van der Waals surface area contributed by atoms with Gasteiger partial charge in [-0.1, -0.05) is 32.3 Å². The van der Waals surface area contributed by atoms with Gasteiger partial charge in [-0.15, -0.1) is 0 Å². The lowest BCUT2D eigenvalue weighted by atomic mass is 9.76. The van der Waals surface area contributed by atoms with Crippen LogP contribution in [0.25, 0.3) is 0 Å². The number of hydrogen-bond donors (Lipinski definition) is 2. The Kier molecular flexibility index (Phi) is 6.00. The Morgan fingerprint density at radius 2 is 2.05 bits per heavy atom. The molecule has 1 fully saturated rings. The summed E-state index contributed by atoms with van der Waals surface area (Å²) in [6, 6.07) is 5.38. The summed E-state index contributed by atoms with van der Waals surface area (Å²) in [5.74, 6) is 7.19. The molecule has 0 aromatic heterocycles. The third kappa shape index (κ3) is 4.17. The Labute approximate surface area is 127 Å². The fraction of sp³-hybridized carbons (Fsp3) is 0.647. The van der Waals surface area contributed by atoms with Crippen molar-refractivity contribution in [3.8, 4) is 5.75 Å². The number of methoxy groups -OCH3 is 1. The standard InChI is InChI=1S/C17H27FN2O/c1-3-12-4-7-14(8-5-12)16(20-19)11-13-6-9-17(21-2)15(18)10-13/h6,9-10,12,14,16,20H,3-5,7-8,11,19H2,1-2H3. The predicted molar refractivity (Wildman–Crippen MR) is 83.5 cm³/mol. The van der Waals surface area contributed by atoms with E-state index in [1.807, 2.05) is 6.07 Å². The quantitative estimate of drug-likeness (QED) is 0.624. The lowest BCUT2D eigenvalue weighted by molar-refractivity contribution is 0.217. The van der Waals surface area contributed by atoms with E-state index >= 15 is 0 Å². The van der Waals surface area contributed by atoms with Crippen molar-refractivity contribution in [3.05, 3.63) is 29.6 Å². The van der Waals surface area contributed by atoms with Crippen molar-refractivity contribution in [3.63, 3.8) is 0 Å². The lowest BCUT2D eigenvalue weighted by Gasteiger charge is -2.33. The third-order valence-corrected chi connectivity index (χ3v) is 4.92. The second-order valence-corrected chi connectivity index (χ2v) is 6.14. The van der Waals surface area contributed by atoms with E-state index in [4.69, 9.17) is 10.6 Å². The molecule has 0 aliphatic heterocycles. The van der Waals surface area contributed by atoms with Crippen molar-refractivity contribution < 1.29 is 9.13 Å². The molecular formula is C17H27FN2O. The number of nitrogens with one attached hydrogen (secondary N) is 1. The molecular weight excluding hydrogens is 267 g/mol. The Morgan fingerprint density at radius 1 is 1.33 bits per heavy atom. The largest absolute Gasteiger partial charge is 0.494 e. The maximum Gasteiger partial charge on any atom is 0.165 e. The maximum absolute atomic E-state index is 13.8. The summed E-state index contributed by atoms with van der Waals surface area (Å²) in [4.78, 5) is 0. The van der Waals surface area contributed by atoms with Crippen molar-refractivity contribution in [2.45, 2.75) is 51.5 Å². The van der Waals surface area contributed by atoms with Crippen molar-refractivity contribution in [1.82, 2.24) is 5.43 Å². The average molecular weight is 294 g/mol. The predicted octanol–water partition coefficient (Wildman–Crippen LogP) is 3.43. The number of benzene rings is 1. The van der Waals surface area contributed by atoms with Gasteiger partial charge in [-0.2, -0.15) is 0 Å². The van der Waals surface area contributed by atoms with Crippen LogP contribution in [0.4, 0.5) is 4.39 Å². The summed E-state index contributed by atoms with van der Waals surface area (Å²) in [6.07, 6.45) is 7.04. The minimum Gasteiger partial charge on any atom is -0.494 e. The van der Waals surface area contributed by atoms with Crippen LogP contribution in [0, 0.1) is 17.7 Å². The van der Waals surface area contributed by atoms with Crippen molar-refractivity contribution in [1.29, 1.82) is 0 Å². The number of halogens is 1. The van der Waals surface area contributed by atoms with Gasteiger partial charge >= 0.3 is 0 Å². The molecule has 1 atom stereocenters. The normalized spacial score (nSPS) is 23.8. The van der Waals surface area contributed by atoms with Gasteiger partial charge in [0.1, 0.15) is 0 Å². The van der Waals surface area contributed by atoms with Crippen LogP contribution in [0.3, 0.4) is 0 Å². The number of hydrazine groups is 1. The molecule has 0 bridgehead atoms. The molecule has 3 N–H and O–H groups in total. The van der Waals surface area contributed by atoms with Crippen LogP contribution < -0.4 is 16.0 Å². The minimum absolute atomic E-state index is 0.218. The van der Waals surface area contributed by atoms with E-state index in [0.717, 1.165) is 17.9 Å². The van der Waals surface area contributed by atoms with Gasteiger partial charge < -0.3 is 4.74 Å². The average Bonchev–Trinajstić information content (AvgIpc) is 2.53. The number of rotatable bonds is 6. The summed E-state index contributed by atoms with van der Waals surface area (Å²) in [5.41, 5.74) is 3.91. The molecule has 1 saturated carbocycles. The number of ether oxygens (including phenoxy) is 1. The maximum atomic E-state index is 13.8. The minimum atomic E-state index is -0.305. The smallest absolute Gasteiger partial charge is 0.165 e. The topological polar surface area (TPSA) is 47.3 Å². The first-order chi connectivity index (χ1) is 10.2. The van der Waals surface area contributed by atoms with Crippen molar-refractivity contribution in [2.24, 2.45) is 17.7 Å². The van der Waals surface area contributed by atoms with Gasteiger partial charge in [0.2, 0.25) is 0 Å². The molecule has 1 aromatic rings. The highest BCUT2D eigenvalue weighted by Crippen LogP contribution is 2.33. The van der Waals surface area contributed by atoms with Gasteiger partial charge in [0.15, 0.2) is 11.6 Å². The summed E-state index contributed by atoms with van der Waals surface area (Å²) in [5, 5.41) is 0. The van der Waals surface area contributed by atoms with Gasteiger partial charge in [0.05, 0.1) is 7.11 Å². The van der Waals surface area contributed by atoms with Crippen LogP contribution in [0.1, 0.15) is 44.6 Å². The molecule has 1 aromatic carbocycles. The van der Waals surface area contributed by atoms with Gasteiger partial charge in [-0.25, -0.2) is 4.39 Å². The van der Waals surface area contributed by atoms with E-state index in [-0.39, 0.29) is 11.9 Å². The molecule has 0 heterocycles. The van der Waals surface area contributed by atoms with E-state index in [2.05, 4.69) is 12.3 Å². The second-order valence-electron chi connectivity index (χ2n) is 6.14. The molecule has 3 nitrogen and oxygen atoms in total. The van der Waals surface area contributed by atoms with E-state index in [0.29, 0.717) is 11.7 Å². The highest BCUT2D eigenvalue weighted by atomic mass is 19.1. The Balaban J connectivity index is 1.97. The summed E-state index contributed by atoms with van der Waals surface area (Å²) in [7, 11) is 1.48. The molecule has 0 spiro atoms. The van der Waals surface area contributed by atoms with Crippen LogP contribution in [0.5, 0.6) is 5.75 Å². The zero-order valence-electron chi connectivity index (χ0n) is 13.1. The summed E-state index contributed by atoms with van der Waals surface area (Å²) >= 11 is 0. The Morgan fingerprint density at radius 3 is 2.57 bits per heavy atom. The first-order valence-corrected chi connectivity index (χ1v) is 7.96.